The minimum Gasteiger partial charge on any atom is -0.311 e. The molecule has 6 heteroatoms. The van der Waals surface area contributed by atoms with Gasteiger partial charge in [0.15, 0.2) is 0 Å². The van der Waals surface area contributed by atoms with E-state index in [1.807, 2.05) is 0 Å². The van der Waals surface area contributed by atoms with Crippen molar-refractivity contribution < 1.29 is 0 Å². The van der Waals surface area contributed by atoms with Crippen LogP contribution in [0.1, 0.15) is 0 Å². The fourth-order valence-corrected chi connectivity index (χ4v) is 14.6. The van der Waals surface area contributed by atoms with Crippen molar-refractivity contribution in [2.45, 2.75) is 0 Å². The number of aromatic nitrogens is 3. The predicted molar refractivity (Wildman–Crippen MR) is 404 cm³/mol. The van der Waals surface area contributed by atoms with Crippen molar-refractivity contribution in [1.29, 1.82) is 0 Å². The number of benzene rings is 15. The number of rotatable bonds is 14. The molecular weight excluding hydrogens is 1170 g/mol. The van der Waals surface area contributed by atoms with Crippen LogP contribution in [-0.4, -0.2) is 13.7 Å². The molecule has 0 aliphatic rings. The summed E-state index contributed by atoms with van der Waals surface area (Å²) >= 11 is 0. The molecule has 6 nitrogen and oxygen atoms in total. The maximum atomic E-state index is 2.44. The third-order valence-corrected chi connectivity index (χ3v) is 19.0. The molecule has 3 heterocycles. The first kappa shape index (κ1) is 55.9. The molecule has 0 unspecified atom stereocenters. The third kappa shape index (κ3) is 9.74. The van der Waals surface area contributed by atoms with Gasteiger partial charge < -0.3 is 28.4 Å². The first-order chi connectivity index (χ1) is 47.6. The molecule has 0 saturated carbocycles. The Morgan fingerprint density at radius 2 is 0.333 bits per heavy atom. The Kier molecular flexibility index (Phi) is 13.8. The van der Waals surface area contributed by atoms with Crippen LogP contribution in [-0.2, 0) is 0 Å². The van der Waals surface area contributed by atoms with Gasteiger partial charge in [-0.2, -0.15) is 0 Å². The Morgan fingerprint density at radius 1 is 0.146 bits per heavy atom. The summed E-state index contributed by atoms with van der Waals surface area (Å²) in [6, 6.07) is 136. The van der Waals surface area contributed by atoms with Gasteiger partial charge in [-0.3, -0.25) is 0 Å². The summed E-state index contributed by atoms with van der Waals surface area (Å²) in [7, 11) is 0. The number of anilines is 9. The molecule has 0 saturated heterocycles. The van der Waals surface area contributed by atoms with E-state index in [0.29, 0.717) is 0 Å². The van der Waals surface area contributed by atoms with E-state index < -0.39 is 0 Å². The van der Waals surface area contributed by atoms with Crippen molar-refractivity contribution in [3.63, 3.8) is 0 Å². The van der Waals surface area contributed by atoms with Crippen LogP contribution in [0.3, 0.4) is 0 Å². The molecule has 0 N–H and O–H groups in total. The third-order valence-electron chi connectivity index (χ3n) is 19.0. The van der Waals surface area contributed by atoms with E-state index in [4.69, 9.17) is 0 Å². The molecule has 0 aliphatic carbocycles. The molecule has 0 spiro atoms. The summed E-state index contributed by atoms with van der Waals surface area (Å²) in [5, 5.41) is 7.21. The summed E-state index contributed by atoms with van der Waals surface area (Å²) in [5.74, 6) is 0. The fraction of sp³-hybridized carbons (Fsp3) is 0. The SMILES string of the molecule is c1ccc(N(c2ccccc2)c2ccc(-n3c4ccccc4c4cc(-c5ccc6c(c5)c5cc(-c7ccc8c(c7)c7ccccc7n8-c7ccc(N(c8ccccc8)c8ccccc8)cc7)ccc5n6-c5ccc(N(c6ccccc6)c6ccccc6)cc5)ccc43)cc2)cc1. The van der Waals surface area contributed by atoms with Gasteiger partial charge in [-0.15, -0.1) is 0 Å². The van der Waals surface area contributed by atoms with Gasteiger partial charge in [0.05, 0.1) is 33.1 Å². The van der Waals surface area contributed by atoms with Gasteiger partial charge in [-0.1, -0.05) is 170 Å². The molecule has 0 radical (unpaired) electrons. The number of para-hydroxylation sites is 8. The first-order valence-electron chi connectivity index (χ1n) is 32.8. The average Bonchev–Trinajstić information content (AvgIpc) is 1.59. The summed E-state index contributed by atoms with van der Waals surface area (Å²) in [6.07, 6.45) is 0. The summed E-state index contributed by atoms with van der Waals surface area (Å²) in [6.45, 7) is 0. The lowest BCUT2D eigenvalue weighted by molar-refractivity contribution is 1.17. The molecular formula is C90H62N6. The predicted octanol–water partition coefficient (Wildman–Crippen LogP) is 24.7. The van der Waals surface area contributed by atoms with Crippen molar-refractivity contribution in [3.05, 3.63) is 376 Å². The van der Waals surface area contributed by atoms with E-state index in [1.54, 1.807) is 0 Å². The lowest BCUT2D eigenvalue weighted by atomic mass is 9.98. The molecule has 15 aromatic carbocycles. The number of fused-ring (bicyclic) bond motifs is 9. The van der Waals surface area contributed by atoms with Crippen LogP contribution in [0.5, 0.6) is 0 Å². The molecule has 18 rings (SSSR count). The van der Waals surface area contributed by atoms with Crippen LogP contribution in [0, 0.1) is 0 Å². The second-order valence-electron chi connectivity index (χ2n) is 24.5. The first-order valence-corrected chi connectivity index (χ1v) is 32.8. The van der Waals surface area contributed by atoms with E-state index in [0.717, 1.165) is 113 Å². The van der Waals surface area contributed by atoms with E-state index in [9.17, 15) is 0 Å². The Morgan fingerprint density at radius 3 is 0.573 bits per heavy atom. The monoisotopic (exact) mass is 1230 g/mol. The highest BCUT2D eigenvalue weighted by molar-refractivity contribution is 6.15. The van der Waals surface area contributed by atoms with Gasteiger partial charge in [0.1, 0.15) is 0 Å². The normalized spacial score (nSPS) is 11.5. The molecule has 96 heavy (non-hydrogen) atoms. The van der Waals surface area contributed by atoms with Crippen LogP contribution in [0.25, 0.3) is 105 Å². The Hall–Kier alpha value is -12.9. The topological polar surface area (TPSA) is 24.5 Å². The summed E-state index contributed by atoms with van der Waals surface area (Å²) in [4.78, 5) is 6.94. The van der Waals surface area contributed by atoms with Crippen molar-refractivity contribution in [3.8, 4) is 39.3 Å². The molecule has 452 valence electrons. The minimum absolute atomic E-state index is 1.08. The zero-order valence-corrected chi connectivity index (χ0v) is 52.5. The lowest BCUT2D eigenvalue weighted by Crippen LogP contribution is -2.09. The van der Waals surface area contributed by atoms with Gasteiger partial charge in [0, 0.05) is 101 Å². The van der Waals surface area contributed by atoms with E-state index in [2.05, 4.69) is 405 Å². The standard InChI is InChI=1S/C90H62N6/c1-7-23-67(24-8-1)91(68-25-9-2-10-26-68)73-43-49-76(50-44-73)94-85-37-21-19-35-79(85)81-59-63(39-55-87(81)94)65-41-57-89-83(61-65)84-62-66(42-58-90(84)96(89)78-53-47-75(48-54-78)93(71-31-15-5-16-32-71)72-33-17-6-18-34-72)64-40-56-88-82(60-64)80-36-20-22-38-86(80)95(88)77-51-45-74(46-52-77)92(69-27-11-3-12-28-69)70-29-13-4-14-30-70/h1-62H. The number of nitrogens with zero attached hydrogens (tertiary/aromatic N) is 6. The van der Waals surface area contributed by atoms with Gasteiger partial charge in [-0.05, 0) is 229 Å². The number of hydrogen-bond acceptors (Lipinski definition) is 3. The maximum Gasteiger partial charge on any atom is 0.0541 e. The van der Waals surface area contributed by atoms with Gasteiger partial charge >= 0.3 is 0 Å². The highest BCUT2D eigenvalue weighted by Crippen LogP contribution is 2.44. The fourth-order valence-electron chi connectivity index (χ4n) is 14.6. The van der Waals surface area contributed by atoms with Gasteiger partial charge in [0.2, 0.25) is 0 Å². The van der Waals surface area contributed by atoms with E-state index >= 15 is 0 Å². The average molecular weight is 1230 g/mol. The van der Waals surface area contributed by atoms with Crippen LogP contribution in [0.4, 0.5) is 51.2 Å². The highest BCUT2D eigenvalue weighted by atomic mass is 15.2. The molecule has 3 aromatic heterocycles. The van der Waals surface area contributed by atoms with Crippen LogP contribution >= 0.6 is 0 Å². The van der Waals surface area contributed by atoms with Crippen molar-refractivity contribution in [2.75, 3.05) is 14.7 Å². The number of hydrogen-bond donors (Lipinski definition) is 0. The molecule has 0 aliphatic heterocycles. The zero-order chi connectivity index (χ0) is 63.5. The molecule has 0 atom stereocenters. The van der Waals surface area contributed by atoms with Crippen LogP contribution < -0.4 is 14.7 Å². The Bertz CT molecular complexity index is 5430. The minimum atomic E-state index is 1.08. The largest absolute Gasteiger partial charge is 0.311 e. The van der Waals surface area contributed by atoms with Crippen molar-refractivity contribution in [2.24, 2.45) is 0 Å². The Labute approximate surface area is 557 Å². The lowest BCUT2D eigenvalue weighted by Gasteiger charge is -2.25. The van der Waals surface area contributed by atoms with Crippen molar-refractivity contribution >= 4 is 117 Å². The summed E-state index contributed by atoms with van der Waals surface area (Å²) in [5.41, 5.74) is 24.8. The van der Waals surface area contributed by atoms with E-state index in [-0.39, 0.29) is 0 Å². The highest BCUT2D eigenvalue weighted by Gasteiger charge is 2.22. The molecule has 18 aromatic rings. The second kappa shape index (κ2) is 23.7. The molecule has 0 bridgehead atoms. The Balaban J connectivity index is 0.752. The van der Waals surface area contributed by atoms with Gasteiger partial charge in [0.25, 0.3) is 0 Å². The maximum absolute atomic E-state index is 2.44. The molecule has 0 fully saturated rings. The smallest absolute Gasteiger partial charge is 0.0541 e. The van der Waals surface area contributed by atoms with E-state index in [1.165, 1.54) is 43.4 Å². The molecule has 0 amide bonds. The second-order valence-corrected chi connectivity index (χ2v) is 24.5. The van der Waals surface area contributed by atoms with Crippen LogP contribution in [0.2, 0.25) is 0 Å². The van der Waals surface area contributed by atoms with Crippen molar-refractivity contribution in [1.82, 2.24) is 13.7 Å². The summed E-state index contributed by atoms with van der Waals surface area (Å²) < 4.78 is 7.27. The zero-order valence-electron chi connectivity index (χ0n) is 52.5. The van der Waals surface area contributed by atoms with Crippen LogP contribution in [0.15, 0.2) is 376 Å². The quantitative estimate of drug-likeness (QED) is 0.108. The van der Waals surface area contributed by atoms with Gasteiger partial charge in [-0.25, -0.2) is 0 Å².